The third kappa shape index (κ3) is 6.52. The summed E-state index contributed by atoms with van der Waals surface area (Å²) in [5.74, 6) is 0.358. The molecule has 0 saturated carbocycles. The molecule has 0 saturated heterocycles. The molecule has 0 amide bonds. The Morgan fingerprint density at radius 1 is 0.963 bits per heavy atom. The summed E-state index contributed by atoms with van der Waals surface area (Å²) >= 11 is 0. The Morgan fingerprint density at radius 2 is 1.37 bits per heavy atom. The number of hydrogen-bond acceptors (Lipinski definition) is 1. The minimum atomic E-state index is -2.39. The molecule has 27 heavy (non-hydrogen) atoms. The molecule has 0 fully saturated rings. The summed E-state index contributed by atoms with van der Waals surface area (Å²) in [4.78, 5) is 0. The van der Waals surface area contributed by atoms with Gasteiger partial charge in [0.05, 0.1) is 0 Å². The van der Waals surface area contributed by atoms with Gasteiger partial charge in [0.15, 0.2) is 0 Å². The Labute approximate surface area is 181 Å². The van der Waals surface area contributed by atoms with Gasteiger partial charge in [0.2, 0.25) is 0 Å². The molecule has 0 spiro atoms. The summed E-state index contributed by atoms with van der Waals surface area (Å²) in [6.45, 7) is 16.8. The molecule has 0 N–H and O–H groups in total. The molecule has 0 aliphatic carbocycles. The van der Waals surface area contributed by atoms with Crippen LogP contribution in [0.4, 0.5) is 0 Å². The van der Waals surface area contributed by atoms with Crippen LogP contribution in [0.3, 0.4) is 0 Å². The van der Waals surface area contributed by atoms with E-state index in [1.54, 1.807) is 6.92 Å². The zero-order valence-electron chi connectivity index (χ0n) is 18.0. The molecule has 2 aromatic rings. The maximum absolute atomic E-state index is 6.85. The van der Waals surface area contributed by atoms with E-state index < -0.39 is 8.32 Å². The van der Waals surface area contributed by atoms with Crippen LogP contribution in [-0.2, 0) is 23.9 Å². The smallest absolute Gasteiger partial charge is 0.503 e. The Morgan fingerprint density at radius 3 is 1.70 bits per heavy atom. The summed E-state index contributed by atoms with van der Waals surface area (Å²) in [7, 11) is -2.39. The van der Waals surface area contributed by atoms with Crippen molar-refractivity contribution in [3.63, 3.8) is 0 Å². The van der Waals surface area contributed by atoms with Crippen molar-refractivity contribution in [2.24, 2.45) is 5.92 Å². The van der Waals surface area contributed by atoms with E-state index in [2.05, 4.69) is 107 Å². The average Bonchev–Trinajstić information content (AvgIpc) is 2.65. The molecule has 0 heterocycles. The van der Waals surface area contributed by atoms with Crippen molar-refractivity contribution in [1.82, 2.24) is 0 Å². The molecule has 0 aromatic heterocycles. The maximum atomic E-state index is 6.85. The minimum absolute atomic E-state index is 0. The van der Waals surface area contributed by atoms with Crippen LogP contribution in [0.5, 0.6) is 0 Å². The van der Waals surface area contributed by atoms with Crippen LogP contribution in [0.2, 0.25) is 5.04 Å². The quantitative estimate of drug-likeness (QED) is 0.438. The van der Waals surface area contributed by atoms with Crippen molar-refractivity contribution in [1.29, 1.82) is 0 Å². The third-order valence-corrected chi connectivity index (χ3v) is 9.44. The molecule has 2 aromatic carbocycles. The average molecular weight is 432 g/mol. The van der Waals surface area contributed by atoms with E-state index in [0.717, 1.165) is 0 Å². The van der Waals surface area contributed by atoms with Gasteiger partial charge in [-0.15, -0.1) is 0 Å². The van der Waals surface area contributed by atoms with Gasteiger partial charge in [0, 0.05) is 6.61 Å². The molecule has 1 nitrogen and oxygen atoms in total. The van der Waals surface area contributed by atoms with Gasteiger partial charge in [0.1, 0.15) is 0 Å². The molecule has 0 aliphatic heterocycles. The first-order valence-electron chi connectivity index (χ1n) is 9.38. The van der Waals surface area contributed by atoms with Crippen LogP contribution in [0.15, 0.2) is 66.7 Å². The van der Waals surface area contributed by atoms with E-state index in [0.29, 0.717) is 12.5 Å². The van der Waals surface area contributed by atoms with Crippen molar-refractivity contribution in [2.45, 2.75) is 46.6 Å². The van der Waals surface area contributed by atoms with Gasteiger partial charge in [-0.2, -0.15) is 13.8 Å². The second kappa shape index (κ2) is 12.4. The van der Waals surface area contributed by atoms with Gasteiger partial charge in [-0.1, -0.05) is 88.4 Å². The van der Waals surface area contributed by atoms with Crippen LogP contribution in [0, 0.1) is 18.9 Å². The summed E-state index contributed by atoms with van der Waals surface area (Å²) in [5.41, 5.74) is 0. The Kier molecular flexibility index (Phi) is 12.0. The van der Waals surface area contributed by atoms with Crippen molar-refractivity contribution in [3.8, 4) is 0 Å². The summed E-state index contributed by atoms with van der Waals surface area (Å²) in [6.07, 6.45) is 5.23. The van der Waals surface area contributed by atoms with Crippen molar-refractivity contribution in [2.75, 3.05) is 6.61 Å². The largest absolute Gasteiger partial charge is 2.00 e. The van der Waals surface area contributed by atoms with Gasteiger partial charge in [-0.05, 0) is 21.3 Å². The van der Waals surface area contributed by atoms with Gasteiger partial charge in [0.25, 0.3) is 8.32 Å². The fraction of sp³-hybridized carbons (Fsp3) is 0.375. The number of benzene rings is 2. The van der Waals surface area contributed by atoms with Crippen LogP contribution in [-0.4, -0.2) is 14.9 Å². The molecule has 2 rings (SSSR count). The molecule has 1 atom stereocenters. The fourth-order valence-corrected chi connectivity index (χ4v) is 8.02. The topological polar surface area (TPSA) is 9.23 Å². The molecular formula is C24H34OSiZn. The van der Waals surface area contributed by atoms with E-state index >= 15 is 0 Å². The van der Waals surface area contributed by atoms with E-state index in [-0.39, 0.29) is 24.5 Å². The second-order valence-electron chi connectivity index (χ2n) is 7.41. The maximum Gasteiger partial charge on any atom is 2.00 e. The Hall–Kier alpha value is -1.02. The number of allylic oxidation sites excluding steroid dienone is 1. The molecule has 0 aliphatic rings. The molecule has 0 radical (unpaired) electrons. The number of rotatable bonds is 6. The molecular weight excluding hydrogens is 398 g/mol. The van der Waals surface area contributed by atoms with E-state index in [1.165, 1.54) is 10.4 Å². The molecule has 3 heteroatoms. The second-order valence-corrected chi connectivity index (χ2v) is 11.7. The SMILES string of the molecule is C[C-]=C[C@H](C)CO[Si](c1ccccc1)(c1ccccc1)C(C)(C)C.[CH2-]C.[Zn+2]. The first kappa shape index (κ1) is 26.0. The van der Waals surface area contributed by atoms with Gasteiger partial charge in [-0.3, -0.25) is 6.08 Å². The Bertz CT molecular complexity index is 608. The van der Waals surface area contributed by atoms with Crippen molar-refractivity contribution < 1.29 is 23.9 Å². The first-order valence-corrected chi connectivity index (χ1v) is 11.3. The Balaban J connectivity index is 0.00000218. The van der Waals surface area contributed by atoms with Crippen molar-refractivity contribution in [3.05, 3.63) is 79.7 Å². The molecule has 0 bridgehead atoms. The zero-order valence-corrected chi connectivity index (χ0v) is 21.9. The zero-order chi connectivity index (χ0) is 19.6. The van der Waals surface area contributed by atoms with Crippen LogP contribution >= 0.6 is 0 Å². The minimum Gasteiger partial charge on any atom is -0.503 e. The summed E-state index contributed by atoms with van der Waals surface area (Å²) in [5, 5.41) is 2.70. The van der Waals surface area contributed by atoms with Gasteiger partial charge in [-0.25, -0.2) is 0 Å². The third-order valence-electron chi connectivity index (χ3n) is 4.43. The monoisotopic (exact) mass is 430 g/mol. The standard InChI is InChI=1S/C22H29OSi.C2H5.Zn/c1-6-13-19(2)18-23-24(22(3,4)5,20-14-9-7-10-15-20)21-16-11-8-12-17-21;1-2;/h7-17,19H,18H2,1-5H3;1H2,2H3;/q2*-1;+2/t19-;;/m0../s1. The van der Waals surface area contributed by atoms with Gasteiger partial charge >= 0.3 is 19.5 Å². The van der Waals surface area contributed by atoms with Crippen molar-refractivity contribution >= 4 is 18.7 Å². The summed E-state index contributed by atoms with van der Waals surface area (Å²) < 4.78 is 6.85. The first-order chi connectivity index (χ1) is 12.4. The van der Waals surface area contributed by atoms with E-state index in [9.17, 15) is 0 Å². The fourth-order valence-electron chi connectivity index (χ4n) is 3.35. The predicted molar refractivity (Wildman–Crippen MR) is 117 cm³/mol. The van der Waals surface area contributed by atoms with Gasteiger partial charge < -0.3 is 17.4 Å². The van der Waals surface area contributed by atoms with Crippen LogP contribution in [0.25, 0.3) is 0 Å². The van der Waals surface area contributed by atoms with E-state index in [4.69, 9.17) is 4.43 Å². The van der Waals surface area contributed by atoms with E-state index in [1.807, 2.05) is 6.92 Å². The molecule has 0 unspecified atom stereocenters. The predicted octanol–water partition coefficient (Wildman–Crippen LogP) is 5.42. The normalized spacial score (nSPS) is 12.7. The van der Waals surface area contributed by atoms with Crippen LogP contribution in [0.1, 0.15) is 41.5 Å². The number of hydrogen-bond donors (Lipinski definition) is 0. The summed E-state index contributed by atoms with van der Waals surface area (Å²) in [6, 6.07) is 21.6. The van der Waals surface area contributed by atoms with Crippen LogP contribution < -0.4 is 10.4 Å². The molecule has 142 valence electrons.